The van der Waals surface area contributed by atoms with Crippen molar-refractivity contribution >= 4 is 11.8 Å². The first-order valence-corrected chi connectivity index (χ1v) is 8.48. The molecule has 0 heterocycles. The highest BCUT2D eigenvalue weighted by molar-refractivity contribution is 5.95. The van der Waals surface area contributed by atoms with E-state index in [1.54, 1.807) is 12.1 Å². The van der Waals surface area contributed by atoms with Gasteiger partial charge in [-0.1, -0.05) is 25.0 Å². The van der Waals surface area contributed by atoms with Crippen molar-refractivity contribution in [3.05, 3.63) is 35.6 Å². The summed E-state index contributed by atoms with van der Waals surface area (Å²) < 4.78 is 17.5. The zero-order chi connectivity index (χ0) is 17.6. The quantitative estimate of drug-likeness (QED) is 0.585. The third-order valence-corrected chi connectivity index (χ3v) is 4.95. The van der Waals surface area contributed by atoms with Crippen LogP contribution in [0.2, 0.25) is 0 Å². The number of rotatable bonds is 8. The van der Waals surface area contributed by atoms with Crippen LogP contribution in [0.15, 0.2) is 24.3 Å². The molecule has 1 N–H and O–H groups in total. The highest BCUT2D eigenvalue weighted by atomic mass is 19.1. The first kappa shape index (κ1) is 18.6. The van der Waals surface area contributed by atoms with E-state index in [1.165, 1.54) is 19.2 Å². The number of carbonyl (C=O) groups is 2. The Morgan fingerprint density at radius 3 is 2.46 bits per heavy atom. The molecule has 0 spiro atoms. The first-order chi connectivity index (χ1) is 11.4. The highest BCUT2D eigenvalue weighted by Crippen LogP contribution is 2.39. The number of carbonyl (C=O) groups excluding carboxylic acids is 2. The average molecular weight is 336 g/mol. The Kier molecular flexibility index (Phi) is 6.49. The van der Waals surface area contributed by atoms with Gasteiger partial charge in [0.2, 0.25) is 0 Å². The van der Waals surface area contributed by atoms with Crippen molar-refractivity contribution < 1.29 is 23.8 Å². The number of ether oxygens (including phenoxy) is 1. The van der Waals surface area contributed by atoms with E-state index in [9.17, 15) is 19.1 Å². The number of halogens is 1. The molecule has 0 radical (unpaired) electrons. The summed E-state index contributed by atoms with van der Waals surface area (Å²) in [5.41, 5.74) is -0.191. The zero-order valence-electron chi connectivity index (χ0n) is 14.1. The lowest BCUT2D eigenvalue weighted by Crippen LogP contribution is -2.40. The molecule has 1 saturated carbocycles. The molecule has 1 aliphatic rings. The Labute approximate surface area is 142 Å². The summed E-state index contributed by atoms with van der Waals surface area (Å²) in [4.78, 5) is 23.4. The van der Waals surface area contributed by atoms with Crippen molar-refractivity contribution in [2.24, 2.45) is 5.92 Å². The van der Waals surface area contributed by atoms with E-state index in [-0.39, 0.29) is 30.4 Å². The third-order valence-electron chi connectivity index (χ3n) is 4.95. The maximum absolute atomic E-state index is 13.0. The molecular weight excluding hydrogens is 311 g/mol. The number of benzene rings is 1. The molecule has 1 aromatic rings. The van der Waals surface area contributed by atoms with Gasteiger partial charge >= 0.3 is 5.97 Å². The predicted molar refractivity (Wildman–Crippen MR) is 87.9 cm³/mol. The molecule has 1 atom stereocenters. The zero-order valence-corrected chi connectivity index (χ0v) is 14.1. The molecule has 0 bridgehead atoms. The van der Waals surface area contributed by atoms with Crippen LogP contribution in [-0.4, -0.2) is 29.6 Å². The van der Waals surface area contributed by atoms with Crippen molar-refractivity contribution in [3.8, 4) is 0 Å². The van der Waals surface area contributed by atoms with Crippen LogP contribution in [0.1, 0.15) is 50.5 Å². The number of aliphatic hydroxyl groups is 1. The molecule has 1 aromatic carbocycles. The lowest BCUT2D eigenvalue weighted by Gasteiger charge is -2.34. The number of esters is 1. The van der Waals surface area contributed by atoms with Gasteiger partial charge in [-0.25, -0.2) is 4.39 Å². The summed E-state index contributed by atoms with van der Waals surface area (Å²) >= 11 is 0. The second-order valence-electron chi connectivity index (χ2n) is 6.68. The van der Waals surface area contributed by atoms with Crippen molar-refractivity contribution in [2.75, 3.05) is 7.11 Å². The van der Waals surface area contributed by atoms with Crippen LogP contribution in [0.25, 0.3) is 0 Å². The highest BCUT2D eigenvalue weighted by Gasteiger charge is 2.39. The summed E-state index contributed by atoms with van der Waals surface area (Å²) in [6, 6.07) is 6.18. The third kappa shape index (κ3) is 5.13. The minimum absolute atomic E-state index is 0.0338. The Hall–Kier alpha value is -1.75. The van der Waals surface area contributed by atoms with Crippen LogP contribution >= 0.6 is 0 Å². The maximum atomic E-state index is 13.0. The van der Waals surface area contributed by atoms with Gasteiger partial charge < -0.3 is 9.84 Å². The van der Waals surface area contributed by atoms with Crippen molar-refractivity contribution in [1.29, 1.82) is 0 Å². The van der Waals surface area contributed by atoms with Crippen LogP contribution in [0.4, 0.5) is 4.39 Å². The van der Waals surface area contributed by atoms with Gasteiger partial charge in [-0.05, 0) is 49.3 Å². The van der Waals surface area contributed by atoms with Gasteiger partial charge in [0.15, 0.2) is 0 Å². The normalized spacial score (nSPS) is 17.5. The predicted octanol–water partition coefficient (Wildman–Crippen LogP) is 3.20. The van der Waals surface area contributed by atoms with E-state index in [0.29, 0.717) is 12.8 Å². The van der Waals surface area contributed by atoms with Crippen LogP contribution in [0.3, 0.4) is 0 Å². The number of methoxy groups -OCH3 is 1. The van der Waals surface area contributed by atoms with Crippen molar-refractivity contribution in [1.82, 2.24) is 0 Å². The Morgan fingerprint density at radius 2 is 1.88 bits per heavy atom. The minimum atomic E-state index is -1.12. The van der Waals surface area contributed by atoms with Gasteiger partial charge in [0, 0.05) is 6.42 Å². The smallest absolute Gasteiger partial charge is 0.313 e. The molecule has 0 amide bonds. The van der Waals surface area contributed by atoms with E-state index in [0.717, 1.165) is 31.2 Å². The first-order valence-electron chi connectivity index (χ1n) is 8.48. The summed E-state index contributed by atoms with van der Waals surface area (Å²) in [5, 5.41) is 11.1. The van der Waals surface area contributed by atoms with Crippen molar-refractivity contribution in [2.45, 2.75) is 57.0 Å². The average Bonchev–Trinajstić information content (AvgIpc) is 3.09. The molecule has 5 heteroatoms. The van der Waals surface area contributed by atoms with Gasteiger partial charge in [-0.3, -0.25) is 9.59 Å². The van der Waals surface area contributed by atoms with Crippen LogP contribution in [0.5, 0.6) is 0 Å². The number of aryl methyl sites for hydroxylation is 1. The molecule has 0 aromatic heterocycles. The molecule has 0 aliphatic heterocycles. The monoisotopic (exact) mass is 336 g/mol. The fourth-order valence-corrected chi connectivity index (χ4v) is 3.55. The topological polar surface area (TPSA) is 63.6 Å². The summed E-state index contributed by atoms with van der Waals surface area (Å²) in [6.07, 6.45) is 4.55. The Balaban J connectivity index is 2.03. The van der Waals surface area contributed by atoms with Gasteiger partial charge in [0.1, 0.15) is 18.0 Å². The molecule has 0 saturated heterocycles. The summed E-state index contributed by atoms with van der Waals surface area (Å²) in [6.45, 7) is 0. The fourth-order valence-electron chi connectivity index (χ4n) is 3.55. The molecular formula is C19H25FO4. The Bertz CT molecular complexity index is 563. The molecule has 2 rings (SSSR count). The fraction of sp³-hybridized carbons (Fsp3) is 0.579. The Morgan fingerprint density at radius 1 is 1.25 bits per heavy atom. The molecule has 1 aliphatic carbocycles. The lowest BCUT2D eigenvalue weighted by atomic mass is 9.77. The lowest BCUT2D eigenvalue weighted by molar-refractivity contribution is -0.145. The number of hydrogen-bond donors (Lipinski definition) is 1. The van der Waals surface area contributed by atoms with Crippen LogP contribution in [-0.2, 0) is 20.7 Å². The second kappa shape index (κ2) is 8.38. The molecule has 132 valence electrons. The number of ketones is 1. The molecule has 24 heavy (non-hydrogen) atoms. The SMILES string of the molecule is COC(=O)CC(=O)CC(O)(CCc1ccc(F)cc1)C1CCCC1. The molecule has 1 fully saturated rings. The molecule has 4 nitrogen and oxygen atoms in total. The van der Waals surface area contributed by atoms with Gasteiger partial charge in [-0.2, -0.15) is 0 Å². The largest absolute Gasteiger partial charge is 0.469 e. The van der Waals surface area contributed by atoms with Gasteiger partial charge in [0.05, 0.1) is 12.7 Å². The maximum Gasteiger partial charge on any atom is 0.313 e. The number of Topliss-reactive ketones (excluding diaryl/α,β-unsaturated/α-hetero) is 1. The van der Waals surface area contributed by atoms with Crippen LogP contribution < -0.4 is 0 Å². The van der Waals surface area contributed by atoms with Crippen molar-refractivity contribution in [3.63, 3.8) is 0 Å². The van der Waals surface area contributed by atoms with Crippen LogP contribution in [0, 0.1) is 11.7 Å². The van der Waals surface area contributed by atoms with E-state index >= 15 is 0 Å². The standard InChI is InChI=1S/C19H25FO4/c1-24-18(22)12-17(21)13-19(23,15-4-2-3-5-15)11-10-14-6-8-16(20)9-7-14/h6-9,15,23H,2-5,10-13H2,1H3. The molecule has 1 unspecified atom stereocenters. The van der Waals surface area contributed by atoms with Gasteiger partial charge in [-0.15, -0.1) is 0 Å². The van der Waals surface area contributed by atoms with E-state index in [1.807, 2.05) is 0 Å². The number of hydrogen-bond acceptors (Lipinski definition) is 4. The second-order valence-corrected chi connectivity index (χ2v) is 6.68. The summed E-state index contributed by atoms with van der Waals surface area (Å²) in [5.74, 6) is -1.10. The minimum Gasteiger partial charge on any atom is -0.469 e. The summed E-state index contributed by atoms with van der Waals surface area (Å²) in [7, 11) is 1.24. The van der Waals surface area contributed by atoms with E-state index < -0.39 is 11.6 Å². The van der Waals surface area contributed by atoms with E-state index in [4.69, 9.17) is 0 Å². The van der Waals surface area contributed by atoms with Gasteiger partial charge in [0.25, 0.3) is 0 Å². The van der Waals surface area contributed by atoms with E-state index in [2.05, 4.69) is 4.74 Å².